The quantitative estimate of drug-likeness (QED) is 0.430. The standard InChI is InChI=1S/C24H21N3O2S/c1-14-4-6-17(7-5-14)23-26-20-13-19(8-9-21(20)29-23)25-24(30)27-22(28)18-11-15(2)10-16(3)12-18/h4-13H,1-3H3,(H2,25,27,28,30). The third-order valence-electron chi connectivity index (χ3n) is 4.65. The van der Waals surface area contributed by atoms with Crippen LogP contribution in [0.3, 0.4) is 0 Å². The fourth-order valence-electron chi connectivity index (χ4n) is 3.27. The van der Waals surface area contributed by atoms with Crippen LogP contribution >= 0.6 is 12.2 Å². The van der Waals surface area contributed by atoms with Gasteiger partial charge in [-0.05, 0) is 75.5 Å². The third-order valence-corrected chi connectivity index (χ3v) is 4.86. The number of rotatable bonds is 3. The molecule has 0 saturated carbocycles. The zero-order chi connectivity index (χ0) is 21.3. The largest absolute Gasteiger partial charge is 0.436 e. The van der Waals surface area contributed by atoms with E-state index >= 15 is 0 Å². The van der Waals surface area contributed by atoms with E-state index in [0.29, 0.717) is 22.6 Å². The Bertz CT molecular complexity index is 1240. The van der Waals surface area contributed by atoms with Crippen molar-refractivity contribution in [3.8, 4) is 11.5 Å². The second-order valence-electron chi connectivity index (χ2n) is 7.35. The number of carbonyl (C=O) groups excluding carboxylic acids is 1. The Morgan fingerprint density at radius 3 is 2.30 bits per heavy atom. The van der Waals surface area contributed by atoms with Crippen molar-refractivity contribution in [3.63, 3.8) is 0 Å². The molecule has 30 heavy (non-hydrogen) atoms. The Hall–Kier alpha value is -3.51. The second-order valence-corrected chi connectivity index (χ2v) is 7.76. The van der Waals surface area contributed by atoms with Crippen LogP contribution in [0.5, 0.6) is 0 Å². The Balaban J connectivity index is 1.48. The summed E-state index contributed by atoms with van der Waals surface area (Å²) in [5, 5.41) is 5.98. The fourth-order valence-corrected chi connectivity index (χ4v) is 3.48. The maximum absolute atomic E-state index is 12.5. The van der Waals surface area contributed by atoms with Crippen molar-refractivity contribution in [1.82, 2.24) is 10.3 Å². The summed E-state index contributed by atoms with van der Waals surface area (Å²) in [5.41, 5.74) is 6.84. The van der Waals surface area contributed by atoms with Crippen molar-refractivity contribution in [2.45, 2.75) is 20.8 Å². The summed E-state index contributed by atoms with van der Waals surface area (Å²) in [5.74, 6) is 0.316. The van der Waals surface area contributed by atoms with Crippen LogP contribution < -0.4 is 10.6 Å². The minimum absolute atomic E-state index is 0.223. The van der Waals surface area contributed by atoms with E-state index in [9.17, 15) is 4.79 Å². The molecule has 0 saturated heterocycles. The highest BCUT2D eigenvalue weighted by molar-refractivity contribution is 7.80. The lowest BCUT2D eigenvalue weighted by atomic mass is 10.1. The molecule has 0 fully saturated rings. The van der Waals surface area contributed by atoms with Crippen LogP contribution in [0.15, 0.2) is 65.1 Å². The highest BCUT2D eigenvalue weighted by atomic mass is 32.1. The normalized spacial score (nSPS) is 10.8. The van der Waals surface area contributed by atoms with E-state index in [-0.39, 0.29) is 11.0 Å². The Morgan fingerprint density at radius 1 is 0.900 bits per heavy atom. The number of thiocarbonyl (C=S) groups is 1. The number of hydrogen-bond acceptors (Lipinski definition) is 4. The summed E-state index contributed by atoms with van der Waals surface area (Å²) in [6.07, 6.45) is 0. The van der Waals surface area contributed by atoms with Crippen LogP contribution in [0, 0.1) is 20.8 Å². The molecule has 0 aliphatic heterocycles. The molecule has 0 unspecified atom stereocenters. The summed E-state index contributed by atoms with van der Waals surface area (Å²) in [7, 11) is 0. The predicted octanol–water partition coefficient (Wildman–Crippen LogP) is 5.55. The maximum Gasteiger partial charge on any atom is 0.257 e. The van der Waals surface area contributed by atoms with Gasteiger partial charge in [0.05, 0.1) is 0 Å². The van der Waals surface area contributed by atoms with Crippen molar-refractivity contribution in [2.24, 2.45) is 0 Å². The number of hydrogen-bond donors (Lipinski definition) is 2. The third kappa shape index (κ3) is 4.39. The first kappa shape index (κ1) is 19.8. The molecule has 0 spiro atoms. The molecule has 1 aromatic heterocycles. The summed E-state index contributed by atoms with van der Waals surface area (Å²) in [6.45, 7) is 5.95. The van der Waals surface area contributed by atoms with Gasteiger partial charge in [-0.1, -0.05) is 34.9 Å². The minimum atomic E-state index is -0.247. The minimum Gasteiger partial charge on any atom is -0.436 e. The number of nitrogens with one attached hydrogen (secondary N) is 2. The molecule has 150 valence electrons. The number of carbonyl (C=O) groups is 1. The first-order chi connectivity index (χ1) is 14.4. The highest BCUT2D eigenvalue weighted by Crippen LogP contribution is 2.26. The lowest BCUT2D eigenvalue weighted by Crippen LogP contribution is -2.34. The Labute approximate surface area is 180 Å². The smallest absolute Gasteiger partial charge is 0.257 e. The monoisotopic (exact) mass is 415 g/mol. The van der Waals surface area contributed by atoms with Gasteiger partial charge in [-0.25, -0.2) is 4.98 Å². The Morgan fingerprint density at radius 2 is 1.60 bits per heavy atom. The lowest BCUT2D eigenvalue weighted by molar-refractivity contribution is 0.0977. The molecule has 1 heterocycles. The molecule has 4 aromatic rings. The van der Waals surface area contributed by atoms with E-state index < -0.39 is 0 Å². The average Bonchev–Trinajstić information content (AvgIpc) is 3.11. The molecule has 2 N–H and O–H groups in total. The second kappa shape index (κ2) is 8.08. The van der Waals surface area contributed by atoms with E-state index in [1.807, 2.05) is 81.4 Å². The van der Waals surface area contributed by atoms with E-state index in [2.05, 4.69) is 15.6 Å². The first-order valence-corrected chi connectivity index (χ1v) is 9.96. The van der Waals surface area contributed by atoms with Crippen molar-refractivity contribution in [2.75, 3.05) is 5.32 Å². The number of benzene rings is 3. The number of fused-ring (bicyclic) bond motifs is 1. The van der Waals surface area contributed by atoms with Crippen LogP contribution in [0.4, 0.5) is 5.69 Å². The van der Waals surface area contributed by atoms with Gasteiger partial charge in [0.25, 0.3) is 5.91 Å². The van der Waals surface area contributed by atoms with Crippen molar-refractivity contribution >= 4 is 40.0 Å². The molecule has 3 aromatic carbocycles. The molecule has 0 aliphatic carbocycles. The maximum atomic E-state index is 12.5. The summed E-state index contributed by atoms with van der Waals surface area (Å²) in [4.78, 5) is 17.1. The fraction of sp³-hybridized carbons (Fsp3) is 0.125. The molecule has 0 bridgehead atoms. The predicted molar refractivity (Wildman–Crippen MR) is 124 cm³/mol. The topological polar surface area (TPSA) is 67.2 Å². The van der Waals surface area contributed by atoms with Crippen molar-refractivity contribution in [3.05, 3.63) is 82.9 Å². The highest BCUT2D eigenvalue weighted by Gasteiger charge is 2.11. The molecule has 1 amide bonds. The van der Waals surface area contributed by atoms with Gasteiger partial charge in [0.2, 0.25) is 5.89 Å². The first-order valence-electron chi connectivity index (χ1n) is 9.56. The van der Waals surface area contributed by atoms with Gasteiger partial charge in [-0.15, -0.1) is 0 Å². The van der Waals surface area contributed by atoms with Crippen LogP contribution in [-0.2, 0) is 0 Å². The van der Waals surface area contributed by atoms with Crippen LogP contribution in [0.1, 0.15) is 27.0 Å². The number of amides is 1. The lowest BCUT2D eigenvalue weighted by Gasteiger charge is -2.10. The van der Waals surface area contributed by atoms with Gasteiger partial charge in [0.1, 0.15) is 5.52 Å². The number of aryl methyl sites for hydroxylation is 3. The number of oxazole rings is 1. The molecular formula is C24H21N3O2S. The number of aromatic nitrogens is 1. The Kier molecular flexibility index (Phi) is 5.33. The van der Waals surface area contributed by atoms with E-state index in [4.69, 9.17) is 16.6 Å². The molecule has 0 radical (unpaired) electrons. The summed E-state index contributed by atoms with van der Waals surface area (Å²) >= 11 is 5.31. The van der Waals surface area contributed by atoms with E-state index in [1.54, 1.807) is 0 Å². The molecule has 0 aliphatic rings. The van der Waals surface area contributed by atoms with Crippen LogP contribution in [-0.4, -0.2) is 16.0 Å². The molecular weight excluding hydrogens is 394 g/mol. The van der Waals surface area contributed by atoms with Gasteiger partial charge in [-0.2, -0.15) is 0 Å². The molecule has 5 nitrogen and oxygen atoms in total. The molecule has 4 rings (SSSR count). The van der Waals surface area contributed by atoms with Gasteiger partial charge in [-0.3, -0.25) is 10.1 Å². The van der Waals surface area contributed by atoms with E-state index in [1.165, 1.54) is 5.56 Å². The van der Waals surface area contributed by atoms with Crippen LogP contribution in [0.2, 0.25) is 0 Å². The van der Waals surface area contributed by atoms with Gasteiger partial charge < -0.3 is 9.73 Å². The number of nitrogens with zero attached hydrogens (tertiary/aromatic N) is 1. The molecule has 0 atom stereocenters. The number of anilines is 1. The van der Waals surface area contributed by atoms with Crippen molar-refractivity contribution < 1.29 is 9.21 Å². The average molecular weight is 416 g/mol. The summed E-state index contributed by atoms with van der Waals surface area (Å²) in [6, 6.07) is 19.2. The molecule has 6 heteroatoms. The van der Waals surface area contributed by atoms with E-state index in [0.717, 1.165) is 22.4 Å². The van der Waals surface area contributed by atoms with Crippen molar-refractivity contribution in [1.29, 1.82) is 0 Å². The van der Waals surface area contributed by atoms with Crippen LogP contribution in [0.25, 0.3) is 22.6 Å². The zero-order valence-corrected chi connectivity index (χ0v) is 17.8. The van der Waals surface area contributed by atoms with Gasteiger partial charge in [0.15, 0.2) is 10.7 Å². The zero-order valence-electron chi connectivity index (χ0n) is 16.9. The van der Waals surface area contributed by atoms with Gasteiger partial charge >= 0.3 is 0 Å². The summed E-state index contributed by atoms with van der Waals surface area (Å²) < 4.78 is 5.86. The van der Waals surface area contributed by atoms with Gasteiger partial charge in [0, 0.05) is 16.8 Å². The SMILES string of the molecule is Cc1ccc(-c2nc3cc(NC(=S)NC(=O)c4cc(C)cc(C)c4)ccc3o2)cc1.